The van der Waals surface area contributed by atoms with Crippen LogP contribution in [0.25, 0.3) is 6.08 Å². The van der Waals surface area contributed by atoms with Crippen molar-refractivity contribution in [3.8, 4) is 0 Å². The van der Waals surface area contributed by atoms with Crippen LogP contribution in [0, 0.1) is 5.82 Å². The van der Waals surface area contributed by atoms with E-state index in [9.17, 15) is 9.18 Å². The molecule has 2 saturated heterocycles. The number of morpholine rings is 2. The zero-order valence-corrected chi connectivity index (χ0v) is 16.9. The number of anilines is 3. The molecule has 0 radical (unpaired) electrons. The van der Waals surface area contributed by atoms with Gasteiger partial charge >= 0.3 is 0 Å². The number of rotatable bonds is 5. The maximum absolute atomic E-state index is 13.0. The van der Waals surface area contributed by atoms with E-state index in [0.29, 0.717) is 13.2 Å². The molecule has 1 amide bonds. The molecular weight excluding hydrogens is 385 g/mol. The highest BCUT2D eigenvalue weighted by Crippen LogP contribution is 2.32. The second-order valence-electron chi connectivity index (χ2n) is 7.27. The van der Waals surface area contributed by atoms with E-state index in [1.54, 1.807) is 18.2 Å². The van der Waals surface area contributed by atoms with Crippen LogP contribution in [0.1, 0.15) is 5.56 Å². The van der Waals surface area contributed by atoms with Crippen molar-refractivity contribution in [3.05, 3.63) is 59.9 Å². The molecule has 6 nitrogen and oxygen atoms in total. The van der Waals surface area contributed by atoms with E-state index in [-0.39, 0.29) is 11.7 Å². The van der Waals surface area contributed by atoms with Gasteiger partial charge in [0.15, 0.2) is 0 Å². The van der Waals surface area contributed by atoms with Crippen LogP contribution in [0.2, 0.25) is 0 Å². The number of benzene rings is 2. The largest absolute Gasteiger partial charge is 0.378 e. The van der Waals surface area contributed by atoms with Crippen molar-refractivity contribution in [2.45, 2.75) is 0 Å². The summed E-state index contributed by atoms with van der Waals surface area (Å²) in [6.07, 6.45) is 3.14. The van der Waals surface area contributed by atoms with Gasteiger partial charge in [0, 0.05) is 37.9 Å². The van der Waals surface area contributed by atoms with Crippen LogP contribution < -0.4 is 15.1 Å². The summed E-state index contributed by atoms with van der Waals surface area (Å²) >= 11 is 0. The molecule has 158 valence electrons. The predicted molar refractivity (Wildman–Crippen MR) is 117 cm³/mol. The molecular formula is C23H26FN3O3. The van der Waals surface area contributed by atoms with Gasteiger partial charge in [-0.25, -0.2) is 4.39 Å². The van der Waals surface area contributed by atoms with Crippen LogP contribution in [0.15, 0.2) is 48.5 Å². The van der Waals surface area contributed by atoms with Crippen LogP contribution in [0.4, 0.5) is 21.5 Å². The summed E-state index contributed by atoms with van der Waals surface area (Å²) in [5.74, 6) is -0.528. The molecule has 0 saturated carbocycles. The lowest BCUT2D eigenvalue weighted by molar-refractivity contribution is -0.111. The highest BCUT2D eigenvalue weighted by atomic mass is 19.1. The molecule has 2 aliphatic heterocycles. The van der Waals surface area contributed by atoms with Gasteiger partial charge in [-0.3, -0.25) is 4.79 Å². The highest BCUT2D eigenvalue weighted by molar-refractivity contribution is 6.04. The maximum atomic E-state index is 13.0. The molecule has 0 bridgehead atoms. The second-order valence-corrected chi connectivity index (χ2v) is 7.27. The van der Waals surface area contributed by atoms with Crippen LogP contribution in [0.3, 0.4) is 0 Å². The zero-order chi connectivity index (χ0) is 20.8. The number of ether oxygens (including phenoxy) is 2. The number of hydrogen-bond acceptors (Lipinski definition) is 5. The van der Waals surface area contributed by atoms with Crippen molar-refractivity contribution >= 4 is 29.0 Å². The lowest BCUT2D eigenvalue weighted by atomic mass is 10.1. The molecule has 0 aliphatic carbocycles. The SMILES string of the molecule is O=C(/C=C/c1ccc(F)cc1)Nc1ccc(N2CCOCC2)cc1N1CCOCC1. The molecule has 30 heavy (non-hydrogen) atoms. The van der Waals surface area contributed by atoms with Gasteiger partial charge in [-0.2, -0.15) is 0 Å². The smallest absolute Gasteiger partial charge is 0.248 e. The van der Waals surface area contributed by atoms with Crippen LogP contribution in [-0.4, -0.2) is 58.5 Å². The first-order chi connectivity index (χ1) is 14.7. The number of carbonyl (C=O) groups excluding carboxylic acids is 1. The average molecular weight is 411 g/mol. The number of carbonyl (C=O) groups is 1. The van der Waals surface area contributed by atoms with Gasteiger partial charge in [-0.05, 0) is 42.0 Å². The Morgan fingerprint density at radius 3 is 2.20 bits per heavy atom. The van der Waals surface area contributed by atoms with Crippen molar-refractivity contribution in [2.24, 2.45) is 0 Å². The topological polar surface area (TPSA) is 54.0 Å². The summed E-state index contributed by atoms with van der Waals surface area (Å²) in [6, 6.07) is 12.1. The third-order valence-corrected chi connectivity index (χ3v) is 5.26. The van der Waals surface area contributed by atoms with Crippen LogP contribution in [-0.2, 0) is 14.3 Å². The summed E-state index contributed by atoms with van der Waals surface area (Å²) in [4.78, 5) is 17.1. The van der Waals surface area contributed by atoms with Crippen molar-refractivity contribution in [3.63, 3.8) is 0 Å². The molecule has 0 aromatic heterocycles. The molecule has 2 fully saturated rings. The number of nitrogens with one attached hydrogen (secondary N) is 1. The molecule has 7 heteroatoms. The minimum absolute atomic E-state index is 0.229. The molecule has 0 spiro atoms. The number of halogens is 1. The summed E-state index contributed by atoms with van der Waals surface area (Å²) in [7, 11) is 0. The lowest BCUT2D eigenvalue weighted by Crippen LogP contribution is -2.38. The maximum Gasteiger partial charge on any atom is 0.248 e. The van der Waals surface area contributed by atoms with E-state index in [0.717, 1.165) is 62.0 Å². The quantitative estimate of drug-likeness (QED) is 0.766. The molecule has 1 N–H and O–H groups in total. The average Bonchev–Trinajstić information content (AvgIpc) is 2.80. The first-order valence-electron chi connectivity index (χ1n) is 10.2. The third-order valence-electron chi connectivity index (χ3n) is 5.26. The van der Waals surface area contributed by atoms with Gasteiger partial charge < -0.3 is 24.6 Å². The highest BCUT2D eigenvalue weighted by Gasteiger charge is 2.19. The number of hydrogen-bond donors (Lipinski definition) is 1. The summed E-state index contributed by atoms with van der Waals surface area (Å²) in [6.45, 7) is 6.05. The fourth-order valence-electron chi connectivity index (χ4n) is 3.63. The molecule has 2 aromatic carbocycles. The fourth-order valence-corrected chi connectivity index (χ4v) is 3.63. The molecule has 2 heterocycles. The van der Waals surface area contributed by atoms with Crippen molar-refractivity contribution in [2.75, 3.05) is 67.7 Å². The van der Waals surface area contributed by atoms with E-state index in [2.05, 4.69) is 21.2 Å². The normalized spacial score (nSPS) is 17.4. The minimum atomic E-state index is -0.299. The Hall–Kier alpha value is -2.90. The first-order valence-corrected chi connectivity index (χ1v) is 10.2. The van der Waals surface area contributed by atoms with Gasteiger partial charge in [-0.15, -0.1) is 0 Å². The Bertz CT molecular complexity index is 889. The monoisotopic (exact) mass is 411 g/mol. The van der Waals surface area contributed by atoms with Crippen molar-refractivity contribution in [1.29, 1.82) is 0 Å². The Morgan fingerprint density at radius 1 is 0.900 bits per heavy atom. The fraction of sp³-hybridized carbons (Fsp3) is 0.348. The van der Waals surface area contributed by atoms with Gasteiger partial charge in [-0.1, -0.05) is 12.1 Å². The molecule has 2 aromatic rings. The molecule has 0 unspecified atom stereocenters. The summed E-state index contributed by atoms with van der Waals surface area (Å²) < 4.78 is 24.0. The molecule has 0 atom stereocenters. The lowest BCUT2D eigenvalue weighted by Gasteiger charge is -2.33. The van der Waals surface area contributed by atoms with Crippen LogP contribution >= 0.6 is 0 Å². The number of amides is 1. The van der Waals surface area contributed by atoms with Gasteiger partial charge in [0.25, 0.3) is 0 Å². The molecule has 4 rings (SSSR count). The minimum Gasteiger partial charge on any atom is -0.378 e. The van der Waals surface area contributed by atoms with Crippen molar-refractivity contribution in [1.82, 2.24) is 0 Å². The molecule has 2 aliphatic rings. The van der Waals surface area contributed by atoms with Crippen molar-refractivity contribution < 1.29 is 18.7 Å². The summed E-state index contributed by atoms with van der Waals surface area (Å²) in [5.41, 5.74) is 3.65. The standard InChI is InChI=1S/C23H26FN3O3/c24-19-4-1-18(2-5-19)3-8-23(28)25-21-7-6-20(26-9-13-29-14-10-26)17-22(21)27-11-15-30-16-12-27/h1-8,17H,9-16H2,(H,25,28)/b8-3+. The summed E-state index contributed by atoms with van der Waals surface area (Å²) in [5, 5.41) is 2.99. The Labute approximate surface area is 175 Å². The van der Waals surface area contributed by atoms with Gasteiger partial charge in [0.2, 0.25) is 5.91 Å². The predicted octanol–water partition coefficient (Wildman–Crippen LogP) is 3.15. The zero-order valence-electron chi connectivity index (χ0n) is 16.9. The van der Waals surface area contributed by atoms with Gasteiger partial charge in [0.05, 0.1) is 37.8 Å². The second kappa shape index (κ2) is 9.73. The van der Waals surface area contributed by atoms with E-state index in [1.807, 2.05) is 12.1 Å². The van der Waals surface area contributed by atoms with E-state index in [1.165, 1.54) is 18.2 Å². The third kappa shape index (κ3) is 5.17. The Morgan fingerprint density at radius 2 is 1.53 bits per heavy atom. The Kier molecular flexibility index (Phi) is 6.61. The number of nitrogens with zero attached hydrogens (tertiary/aromatic N) is 2. The van der Waals surface area contributed by atoms with E-state index < -0.39 is 0 Å². The van der Waals surface area contributed by atoms with Gasteiger partial charge in [0.1, 0.15) is 5.82 Å². The van der Waals surface area contributed by atoms with Crippen LogP contribution in [0.5, 0.6) is 0 Å². The van der Waals surface area contributed by atoms with E-state index >= 15 is 0 Å². The van der Waals surface area contributed by atoms with E-state index in [4.69, 9.17) is 9.47 Å². The first kappa shape index (κ1) is 20.4. The Balaban J connectivity index is 1.53.